The number of aromatic nitrogens is 2. The number of hydrogen-bond acceptors (Lipinski definition) is 4. The zero-order valence-electron chi connectivity index (χ0n) is 12.5. The highest BCUT2D eigenvalue weighted by Gasteiger charge is 2.22. The average molecular weight is 302 g/mol. The molecule has 0 saturated carbocycles. The molecule has 0 aromatic carbocycles. The van der Waals surface area contributed by atoms with Crippen molar-refractivity contribution in [3.8, 4) is 0 Å². The van der Waals surface area contributed by atoms with Gasteiger partial charge in [0.1, 0.15) is 0 Å². The van der Waals surface area contributed by atoms with Crippen molar-refractivity contribution in [3.63, 3.8) is 0 Å². The van der Waals surface area contributed by atoms with Gasteiger partial charge in [-0.2, -0.15) is 0 Å². The van der Waals surface area contributed by atoms with Crippen molar-refractivity contribution in [2.24, 2.45) is 0 Å². The number of hydrogen-bond donors (Lipinski definition) is 2. The fourth-order valence-corrected chi connectivity index (χ4v) is 2.75. The maximum atomic E-state index is 9.77. The maximum Gasteiger partial charge on any atom is 0.248 e. The lowest BCUT2D eigenvalue weighted by atomic mass is 10.2. The Morgan fingerprint density at radius 3 is 1.50 bits per heavy atom. The Kier molecular flexibility index (Phi) is 4.50. The molecule has 1 saturated heterocycles. The predicted octanol–water partition coefficient (Wildman–Crippen LogP) is 0.0540. The first-order chi connectivity index (χ1) is 10.7. The molecule has 0 spiro atoms. The summed E-state index contributed by atoms with van der Waals surface area (Å²) in [5.41, 5.74) is 1.79. The van der Waals surface area contributed by atoms with Crippen molar-refractivity contribution < 1.29 is 19.9 Å². The van der Waals surface area contributed by atoms with Crippen LogP contribution in [0.1, 0.15) is 11.4 Å². The molecule has 6 nitrogen and oxygen atoms in total. The quantitative estimate of drug-likeness (QED) is 0.619. The van der Waals surface area contributed by atoms with Crippen LogP contribution in [0.25, 0.3) is 0 Å². The minimum atomic E-state index is 0.747. The van der Waals surface area contributed by atoms with Gasteiger partial charge in [0.15, 0.2) is 0 Å². The molecule has 2 N–H and O–H groups in total. The van der Waals surface area contributed by atoms with Crippen molar-refractivity contribution in [2.45, 2.75) is 13.1 Å². The minimum Gasteiger partial charge on any atom is -0.291 e. The number of nitrogens with zero attached hydrogens (tertiary/aromatic N) is 4. The molecule has 3 rings (SSSR count). The first-order valence-electron chi connectivity index (χ1n) is 7.55. The monoisotopic (exact) mass is 302 g/mol. The Labute approximate surface area is 130 Å². The third-order valence-electron chi connectivity index (χ3n) is 4.08. The fourth-order valence-electron chi connectivity index (χ4n) is 2.75. The summed E-state index contributed by atoms with van der Waals surface area (Å²) in [4.78, 5) is 4.66. The van der Waals surface area contributed by atoms with E-state index in [1.165, 1.54) is 9.46 Å². The molecule has 1 aliphatic heterocycles. The molecular weight excluding hydrogens is 280 g/mol. The lowest BCUT2D eigenvalue weighted by molar-refractivity contribution is -0.910. The van der Waals surface area contributed by atoms with Gasteiger partial charge in [0.25, 0.3) is 0 Å². The molecular formula is C16H22N4O2+2. The summed E-state index contributed by atoms with van der Waals surface area (Å²) in [6.45, 7) is 5.30. The summed E-state index contributed by atoms with van der Waals surface area (Å²) < 4.78 is 2.37. The molecule has 0 bridgehead atoms. The summed E-state index contributed by atoms with van der Waals surface area (Å²) in [5, 5.41) is 19.5. The van der Waals surface area contributed by atoms with E-state index >= 15 is 0 Å². The highest BCUT2D eigenvalue weighted by atomic mass is 16.5. The van der Waals surface area contributed by atoms with Gasteiger partial charge in [-0.25, -0.2) is 0 Å². The van der Waals surface area contributed by atoms with Crippen LogP contribution >= 0.6 is 0 Å². The Morgan fingerprint density at radius 2 is 1.14 bits per heavy atom. The molecule has 0 radical (unpaired) electrons. The van der Waals surface area contributed by atoms with E-state index in [-0.39, 0.29) is 0 Å². The summed E-state index contributed by atoms with van der Waals surface area (Å²) >= 11 is 0. The van der Waals surface area contributed by atoms with E-state index in [1.807, 2.05) is 36.4 Å². The minimum absolute atomic E-state index is 0.747. The van der Waals surface area contributed by atoms with E-state index in [2.05, 4.69) is 9.80 Å². The number of piperazine rings is 1. The van der Waals surface area contributed by atoms with E-state index in [9.17, 15) is 10.4 Å². The molecule has 1 fully saturated rings. The molecule has 0 amide bonds. The second kappa shape index (κ2) is 6.72. The SMILES string of the molecule is O[n+]1ccccc1CN1CCN(Cc2cccc[n+]2O)CC1. The first-order valence-corrected chi connectivity index (χ1v) is 7.55. The van der Waals surface area contributed by atoms with E-state index in [0.29, 0.717) is 0 Å². The molecule has 1 aliphatic rings. The van der Waals surface area contributed by atoms with E-state index < -0.39 is 0 Å². The summed E-state index contributed by atoms with van der Waals surface area (Å²) in [6, 6.07) is 11.4. The van der Waals surface area contributed by atoms with Crippen LogP contribution in [0.5, 0.6) is 0 Å². The van der Waals surface area contributed by atoms with Gasteiger partial charge in [-0.15, -0.1) is 0 Å². The van der Waals surface area contributed by atoms with Crippen molar-refractivity contribution >= 4 is 0 Å². The average Bonchev–Trinajstić information content (AvgIpc) is 2.54. The first kappa shape index (κ1) is 14.7. The normalized spacial score (nSPS) is 16.7. The molecule has 22 heavy (non-hydrogen) atoms. The van der Waals surface area contributed by atoms with Crippen LogP contribution in [0.3, 0.4) is 0 Å². The fraction of sp³-hybridized carbons (Fsp3) is 0.375. The van der Waals surface area contributed by atoms with Crippen LogP contribution in [0.2, 0.25) is 0 Å². The molecule has 3 heterocycles. The summed E-state index contributed by atoms with van der Waals surface area (Å²) in [5.74, 6) is 0. The molecule has 0 unspecified atom stereocenters. The van der Waals surface area contributed by atoms with Crippen molar-refractivity contribution in [3.05, 3.63) is 60.2 Å². The molecule has 2 aromatic rings. The Hall–Kier alpha value is -2.18. The van der Waals surface area contributed by atoms with Gasteiger partial charge in [0.2, 0.25) is 23.8 Å². The van der Waals surface area contributed by atoms with Gasteiger partial charge >= 0.3 is 0 Å². The summed E-state index contributed by atoms with van der Waals surface area (Å²) in [6.07, 6.45) is 3.31. The third kappa shape index (κ3) is 3.52. The van der Waals surface area contributed by atoms with Crippen molar-refractivity contribution in [1.82, 2.24) is 9.80 Å². The van der Waals surface area contributed by atoms with Gasteiger partial charge < -0.3 is 0 Å². The van der Waals surface area contributed by atoms with Crippen molar-refractivity contribution in [1.29, 1.82) is 0 Å². The van der Waals surface area contributed by atoms with Gasteiger partial charge in [-0.1, -0.05) is 0 Å². The topological polar surface area (TPSA) is 54.7 Å². The van der Waals surface area contributed by atoms with Crippen LogP contribution in [0.15, 0.2) is 48.8 Å². The van der Waals surface area contributed by atoms with Gasteiger partial charge in [-0.05, 0) is 12.1 Å². The van der Waals surface area contributed by atoms with Gasteiger partial charge in [0, 0.05) is 59.9 Å². The number of pyridine rings is 2. The van der Waals surface area contributed by atoms with Crippen LogP contribution in [-0.2, 0) is 13.1 Å². The second-order valence-electron chi connectivity index (χ2n) is 5.63. The number of rotatable bonds is 4. The second-order valence-corrected chi connectivity index (χ2v) is 5.63. The van der Waals surface area contributed by atoms with Crippen LogP contribution in [0, 0.1) is 0 Å². The predicted molar refractivity (Wildman–Crippen MR) is 78.2 cm³/mol. The van der Waals surface area contributed by atoms with Crippen LogP contribution < -0.4 is 9.46 Å². The molecule has 6 heteroatoms. The van der Waals surface area contributed by atoms with Crippen LogP contribution in [0.4, 0.5) is 0 Å². The Bertz CT molecular complexity index is 572. The van der Waals surface area contributed by atoms with E-state index in [0.717, 1.165) is 50.7 Å². The smallest absolute Gasteiger partial charge is 0.248 e. The Balaban J connectivity index is 1.52. The van der Waals surface area contributed by atoms with Crippen LogP contribution in [-0.4, -0.2) is 46.4 Å². The highest BCUT2D eigenvalue weighted by molar-refractivity contribution is 4.98. The zero-order valence-corrected chi connectivity index (χ0v) is 12.5. The van der Waals surface area contributed by atoms with Crippen molar-refractivity contribution in [2.75, 3.05) is 26.2 Å². The molecule has 116 valence electrons. The molecule has 0 atom stereocenters. The van der Waals surface area contributed by atoms with Gasteiger partial charge in [0.05, 0.1) is 13.1 Å². The lowest BCUT2D eigenvalue weighted by Crippen LogP contribution is -2.49. The zero-order chi connectivity index (χ0) is 15.4. The standard InChI is InChI=1S/C16H22N4O2/c21-19-7-3-1-5-15(19)13-17-9-11-18(12-10-17)14-16-6-2-4-8-20(16)22/h1-8,21-22H,9-14H2/q+2. The molecule has 2 aromatic heterocycles. The molecule has 0 aliphatic carbocycles. The summed E-state index contributed by atoms with van der Waals surface area (Å²) in [7, 11) is 0. The maximum absolute atomic E-state index is 9.77. The largest absolute Gasteiger partial charge is 0.291 e. The van der Waals surface area contributed by atoms with E-state index in [4.69, 9.17) is 0 Å². The van der Waals surface area contributed by atoms with E-state index in [1.54, 1.807) is 12.4 Å². The Morgan fingerprint density at radius 1 is 0.727 bits per heavy atom. The highest BCUT2D eigenvalue weighted by Crippen LogP contribution is 2.08. The third-order valence-corrected chi connectivity index (χ3v) is 4.08. The lowest BCUT2D eigenvalue weighted by Gasteiger charge is -2.32. The van der Waals surface area contributed by atoms with Gasteiger partial charge in [-0.3, -0.25) is 20.2 Å².